The van der Waals surface area contributed by atoms with E-state index in [1.807, 2.05) is 0 Å². The summed E-state index contributed by atoms with van der Waals surface area (Å²) in [4.78, 5) is 16.6. The van der Waals surface area contributed by atoms with Gasteiger partial charge in [0.2, 0.25) is 5.75 Å². The first-order valence-electron chi connectivity index (χ1n) is 9.03. The number of nitrogens with zero attached hydrogens (tertiary/aromatic N) is 1. The van der Waals surface area contributed by atoms with E-state index in [1.165, 1.54) is 63.9 Å². The van der Waals surface area contributed by atoms with Crippen LogP contribution in [0.2, 0.25) is 0 Å². The van der Waals surface area contributed by atoms with Gasteiger partial charge in [0.15, 0.2) is 11.5 Å². The molecule has 0 aliphatic carbocycles. The van der Waals surface area contributed by atoms with Crippen LogP contribution in [-0.2, 0) is 10.0 Å². The lowest BCUT2D eigenvalue weighted by Crippen LogP contribution is -2.15. The molecule has 1 heterocycles. The van der Waals surface area contributed by atoms with Gasteiger partial charge in [-0.1, -0.05) is 6.07 Å². The highest BCUT2D eigenvalue weighted by atomic mass is 32.2. The number of benzene rings is 2. The van der Waals surface area contributed by atoms with Crippen molar-refractivity contribution < 1.29 is 27.4 Å². The third kappa shape index (κ3) is 5.04. The number of carbonyl (C=O) groups is 1. The molecule has 0 radical (unpaired) electrons. The van der Waals surface area contributed by atoms with Gasteiger partial charge in [-0.05, 0) is 48.5 Å². The van der Waals surface area contributed by atoms with Gasteiger partial charge < -0.3 is 19.5 Å². The Morgan fingerprint density at radius 2 is 1.55 bits per heavy atom. The number of sulfonamides is 1. The summed E-state index contributed by atoms with van der Waals surface area (Å²) < 4.78 is 43.1. The summed E-state index contributed by atoms with van der Waals surface area (Å²) in [5, 5.41) is 2.71. The van der Waals surface area contributed by atoms with Crippen molar-refractivity contribution in [2.24, 2.45) is 0 Å². The number of nitrogens with one attached hydrogen (secondary N) is 2. The summed E-state index contributed by atoms with van der Waals surface area (Å²) in [6.07, 6.45) is 1.49. The monoisotopic (exact) mass is 443 g/mol. The lowest BCUT2D eigenvalue weighted by molar-refractivity contribution is 0.102. The molecule has 3 aromatic rings. The van der Waals surface area contributed by atoms with Crippen LogP contribution in [0.5, 0.6) is 17.2 Å². The van der Waals surface area contributed by atoms with E-state index < -0.39 is 15.9 Å². The summed E-state index contributed by atoms with van der Waals surface area (Å²) in [6.45, 7) is 0. The number of pyridine rings is 1. The first-order valence-corrected chi connectivity index (χ1v) is 10.5. The minimum Gasteiger partial charge on any atom is -0.493 e. The molecule has 0 saturated heterocycles. The lowest BCUT2D eigenvalue weighted by Gasteiger charge is -2.14. The molecule has 2 N–H and O–H groups in total. The van der Waals surface area contributed by atoms with Gasteiger partial charge in [-0.15, -0.1) is 0 Å². The maximum atomic E-state index is 12.7. The van der Waals surface area contributed by atoms with Crippen molar-refractivity contribution in [3.63, 3.8) is 0 Å². The SMILES string of the molecule is COc1cc(C(=O)Nc2ccc(S(=O)(=O)Nc3ccccn3)cc2)cc(OC)c1OC. The predicted octanol–water partition coefficient (Wildman–Crippen LogP) is 3.16. The summed E-state index contributed by atoms with van der Waals surface area (Å²) in [5.41, 5.74) is 0.693. The standard InChI is InChI=1S/C21H21N3O6S/c1-28-17-12-14(13-18(29-2)20(17)30-3)21(25)23-15-7-9-16(10-8-15)31(26,27)24-19-6-4-5-11-22-19/h4-13H,1-3H3,(H,22,24)(H,23,25). The molecule has 0 atom stereocenters. The Kier molecular flexibility index (Phi) is 6.61. The fraction of sp³-hybridized carbons (Fsp3) is 0.143. The number of methoxy groups -OCH3 is 3. The highest BCUT2D eigenvalue weighted by Gasteiger charge is 2.18. The van der Waals surface area contributed by atoms with Crippen LogP contribution in [0.4, 0.5) is 11.5 Å². The molecule has 10 heteroatoms. The zero-order valence-corrected chi connectivity index (χ0v) is 17.9. The fourth-order valence-electron chi connectivity index (χ4n) is 2.75. The molecule has 0 spiro atoms. The van der Waals surface area contributed by atoms with Crippen molar-refractivity contribution in [1.29, 1.82) is 0 Å². The number of hydrogen-bond acceptors (Lipinski definition) is 7. The molecule has 9 nitrogen and oxygen atoms in total. The molecule has 0 saturated carbocycles. The third-order valence-corrected chi connectivity index (χ3v) is 5.62. The Hall–Kier alpha value is -3.79. The minimum atomic E-state index is -3.81. The molecule has 0 bridgehead atoms. The van der Waals surface area contributed by atoms with Crippen molar-refractivity contribution in [3.8, 4) is 17.2 Å². The number of rotatable bonds is 8. The Labute approximate surface area is 180 Å². The van der Waals surface area contributed by atoms with Gasteiger partial charge >= 0.3 is 0 Å². The van der Waals surface area contributed by atoms with Crippen LogP contribution in [0.15, 0.2) is 65.7 Å². The van der Waals surface area contributed by atoms with Crippen LogP contribution in [0.25, 0.3) is 0 Å². The van der Waals surface area contributed by atoms with Crippen molar-refractivity contribution in [2.75, 3.05) is 31.4 Å². The zero-order valence-electron chi connectivity index (χ0n) is 17.1. The van der Waals surface area contributed by atoms with E-state index in [0.717, 1.165) is 0 Å². The molecule has 1 aromatic heterocycles. The van der Waals surface area contributed by atoms with Gasteiger partial charge in [-0.25, -0.2) is 13.4 Å². The average molecular weight is 443 g/mol. The van der Waals surface area contributed by atoms with Crippen LogP contribution in [0.3, 0.4) is 0 Å². The van der Waals surface area contributed by atoms with E-state index in [0.29, 0.717) is 22.9 Å². The van der Waals surface area contributed by atoms with Crippen molar-refractivity contribution in [3.05, 3.63) is 66.4 Å². The first kappa shape index (κ1) is 21.9. The topological polar surface area (TPSA) is 116 Å². The second-order valence-corrected chi connectivity index (χ2v) is 7.90. The summed E-state index contributed by atoms with van der Waals surface area (Å²) >= 11 is 0. The largest absolute Gasteiger partial charge is 0.493 e. The van der Waals surface area contributed by atoms with E-state index in [1.54, 1.807) is 18.2 Å². The van der Waals surface area contributed by atoms with Crippen LogP contribution in [0, 0.1) is 0 Å². The van der Waals surface area contributed by atoms with E-state index in [9.17, 15) is 13.2 Å². The average Bonchev–Trinajstić information content (AvgIpc) is 2.78. The quantitative estimate of drug-likeness (QED) is 0.549. The highest BCUT2D eigenvalue weighted by Crippen LogP contribution is 2.38. The molecule has 31 heavy (non-hydrogen) atoms. The fourth-order valence-corrected chi connectivity index (χ4v) is 3.76. The normalized spacial score (nSPS) is 10.8. The van der Waals surface area contributed by atoms with Gasteiger partial charge in [-0.2, -0.15) is 0 Å². The predicted molar refractivity (Wildman–Crippen MR) is 116 cm³/mol. The Bertz CT molecular complexity index is 1140. The zero-order chi connectivity index (χ0) is 22.4. The highest BCUT2D eigenvalue weighted by molar-refractivity contribution is 7.92. The number of ether oxygens (including phenoxy) is 3. The third-order valence-electron chi connectivity index (χ3n) is 4.25. The minimum absolute atomic E-state index is 0.0314. The number of anilines is 2. The summed E-state index contributed by atoms with van der Waals surface area (Å²) in [7, 11) is 0.573. The molecule has 0 aliphatic rings. The molecule has 0 unspecified atom stereocenters. The summed E-state index contributed by atoms with van der Waals surface area (Å²) in [5.74, 6) is 0.836. The van der Waals surface area contributed by atoms with E-state index in [4.69, 9.17) is 14.2 Å². The summed E-state index contributed by atoms with van der Waals surface area (Å²) in [6, 6.07) is 13.7. The molecule has 162 valence electrons. The molecular formula is C21H21N3O6S. The second-order valence-electron chi connectivity index (χ2n) is 6.21. The van der Waals surface area contributed by atoms with Gasteiger partial charge in [0, 0.05) is 17.4 Å². The van der Waals surface area contributed by atoms with Gasteiger partial charge in [0.25, 0.3) is 15.9 Å². The number of hydrogen-bond donors (Lipinski definition) is 2. The van der Waals surface area contributed by atoms with E-state index >= 15 is 0 Å². The van der Waals surface area contributed by atoms with Crippen molar-refractivity contribution in [2.45, 2.75) is 4.90 Å². The second kappa shape index (κ2) is 9.35. The molecule has 1 amide bonds. The molecule has 0 aliphatic heterocycles. The van der Waals surface area contributed by atoms with Crippen LogP contribution in [-0.4, -0.2) is 40.6 Å². The van der Waals surface area contributed by atoms with E-state index in [2.05, 4.69) is 15.0 Å². The Morgan fingerprint density at radius 1 is 0.903 bits per heavy atom. The van der Waals surface area contributed by atoms with Crippen LogP contribution in [0.1, 0.15) is 10.4 Å². The smallest absolute Gasteiger partial charge is 0.263 e. The molecular weight excluding hydrogens is 422 g/mol. The van der Waals surface area contributed by atoms with Gasteiger partial charge in [0.1, 0.15) is 5.82 Å². The molecule has 2 aromatic carbocycles. The van der Waals surface area contributed by atoms with Crippen LogP contribution < -0.4 is 24.2 Å². The lowest BCUT2D eigenvalue weighted by atomic mass is 10.1. The van der Waals surface area contributed by atoms with Gasteiger partial charge in [-0.3, -0.25) is 9.52 Å². The maximum Gasteiger partial charge on any atom is 0.263 e. The number of carbonyl (C=O) groups excluding carboxylic acids is 1. The van der Waals surface area contributed by atoms with Gasteiger partial charge in [0.05, 0.1) is 26.2 Å². The maximum absolute atomic E-state index is 12.7. The molecule has 0 fully saturated rings. The van der Waals surface area contributed by atoms with E-state index in [-0.39, 0.29) is 16.3 Å². The Morgan fingerprint density at radius 3 is 2.06 bits per heavy atom. The van der Waals surface area contributed by atoms with Crippen molar-refractivity contribution >= 4 is 27.4 Å². The van der Waals surface area contributed by atoms with Crippen molar-refractivity contribution in [1.82, 2.24) is 4.98 Å². The Balaban J connectivity index is 1.77. The first-order chi connectivity index (χ1) is 14.9. The number of amides is 1. The molecule has 3 rings (SSSR count). The number of aromatic nitrogens is 1. The van der Waals surface area contributed by atoms with Crippen LogP contribution >= 0.6 is 0 Å².